The molecule has 0 aromatic heterocycles. The molecule has 34 heavy (non-hydrogen) atoms. The van der Waals surface area contributed by atoms with Crippen LogP contribution in [0, 0.1) is 17.7 Å². The molecule has 0 bridgehead atoms. The van der Waals surface area contributed by atoms with Crippen LogP contribution in [-0.4, -0.2) is 23.9 Å². The van der Waals surface area contributed by atoms with Crippen molar-refractivity contribution < 1.29 is 31.9 Å². The molecule has 4 N–H and O–H groups in total. The topological polar surface area (TPSA) is 101 Å². The van der Waals surface area contributed by atoms with Crippen molar-refractivity contribution in [1.29, 1.82) is 0 Å². The van der Waals surface area contributed by atoms with E-state index in [9.17, 15) is 31.9 Å². The second kappa shape index (κ2) is 10.2. The number of alkyl halides is 3. The molecule has 10 heteroatoms. The SMILES string of the molecule is CCC[C@H](C(N)=O)[C@@H](CCC(F)(F)F)C(=O)NC1C(=O)Nc2c(F)cccc2-c2ccccc21. The van der Waals surface area contributed by atoms with E-state index < -0.39 is 60.4 Å². The summed E-state index contributed by atoms with van der Waals surface area (Å²) >= 11 is 0. The molecule has 0 radical (unpaired) electrons. The molecule has 0 aliphatic carbocycles. The number of nitrogens with one attached hydrogen (secondary N) is 2. The Balaban J connectivity index is 1.98. The van der Waals surface area contributed by atoms with Gasteiger partial charge in [0.05, 0.1) is 5.69 Å². The number of para-hydroxylation sites is 1. The summed E-state index contributed by atoms with van der Waals surface area (Å²) in [6.45, 7) is 1.72. The van der Waals surface area contributed by atoms with Gasteiger partial charge in [-0.05, 0) is 30.0 Å². The van der Waals surface area contributed by atoms with E-state index in [-0.39, 0.29) is 12.1 Å². The molecule has 2 aromatic rings. The van der Waals surface area contributed by atoms with Gasteiger partial charge in [-0.15, -0.1) is 0 Å². The van der Waals surface area contributed by atoms with Crippen molar-refractivity contribution in [2.45, 2.75) is 44.8 Å². The lowest BCUT2D eigenvalue weighted by Crippen LogP contribution is -2.44. The highest BCUT2D eigenvalue weighted by Gasteiger charge is 2.39. The highest BCUT2D eigenvalue weighted by Crippen LogP contribution is 2.39. The summed E-state index contributed by atoms with van der Waals surface area (Å²) in [5.41, 5.74) is 6.58. The first kappa shape index (κ1) is 25.2. The Kier molecular flexibility index (Phi) is 7.58. The predicted molar refractivity (Wildman–Crippen MR) is 118 cm³/mol. The van der Waals surface area contributed by atoms with Crippen LogP contribution in [0.5, 0.6) is 0 Å². The van der Waals surface area contributed by atoms with E-state index >= 15 is 0 Å². The Morgan fingerprint density at radius 2 is 1.74 bits per heavy atom. The molecular weight excluding hydrogens is 454 g/mol. The maximum Gasteiger partial charge on any atom is 0.389 e. The van der Waals surface area contributed by atoms with E-state index in [0.717, 1.165) is 0 Å². The minimum absolute atomic E-state index is 0.0636. The molecule has 2 aromatic carbocycles. The summed E-state index contributed by atoms with van der Waals surface area (Å²) in [6, 6.07) is 9.47. The van der Waals surface area contributed by atoms with Gasteiger partial charge >= 0.3 is 6.18 Å². The van der Waals surface area contributed by atoms with Crippen molar-refractivity contribution in [1.82, 2.24) is 5.32 Å². The highest BCUT2D eigenvalue weighted by atomic mass is 19.4. The maximum absolute atomic E-state index is 14.5. The van der Waals surface area contributed by atoms with Gasteiger partial charge in [-0.3, -0.25) is 14.4 Å². The number of benzene rings is 2. The second-order valence-corrected chi connectivity index (χ2v) is 8.24. The zero-order valence-electron chi connectivity index (χ0n) is 18.4. The second-order valence-electron chi connectivity index (χ2n) is 8.24. The highest BCUT2D eigenvalue weighted by molar-refractivity contribution is 6.05. The molecule has 6 nitrogen and oxygen atoms in total. The molecule has 0 fully saturated rings. The van der Waals surface area contributed by atoms with E-state index in [1.807, 2.05) is 0 Å². The zero-order chi connectivity index (χ0) is 25.0. The molecule has 0 saturated heterocycles. The van der Waals surface area contributed by atoms with Crippen molar-refractivity contribution in [2.24, 2.45) is 17.6 Å². The Morgan fingerprint density at radius 1 is 1.06 bits per heavy atom. The van der Waals surface area contributed by atoms with Crippen LogP contribution < -0.4 is 16.4 Å². The number of rotatable bonds is 8. The number of nitrogens with two attached hydrogens (primary N) is 1. The van der Waals surface area contributed by atoms with Crippen molar-refractivity contribution >= 4 is 23.4 Å². The number of hydrogen-bond acceptors (Lipinski definition) is 3. The van der Waals surface area contributed by atoms with Crippen LogP contribution >= 0.6 is 0 Å². The van der Waals surface area contributed by atoms with Crippen molar-refractivity contribution in [2.75, 3.05) is 5.32 Å². The van der Waals surface area contributed by atoms with Crippen LogP contribution in [0.25, 0.3) is 11.1 Å². The molecule has 1 aliphatic rings. The number of primary amides is 1. The maximum atomic E-state index is 14.5. The van der Waals surface area contributed by atoms with Gasteiger partial charge in [0.2, 0.25) is 11.8 Å². The first-order valence-electron chi connectivity index (χ1n) is 10.9. The first-order chi connectivity index (χ1) is 16.0. The van der Waals surface area contributed by atoms with Gasteiger partial charge in [-0.2, -0.15) is 13.2 Å². The van der Waals surface area contributed by atoms with Crippen LogP contribution in [0.2, 0.25) is 0 Å². The lowest BCUT2D eigenvalue weighted by molar-refractivity contribution is -0.146. The third kappa shape index (κ3) is 5.55. The monoisotopic (exact) mass is 479 g/mol. The van der Waals surface area contributed by atoms with Gasteiger partial charge in [0.25, 0.3) is 5.91 Å². The van der Waals surface area contributed by atoms with Crippen LogP contribution in [0.1, 0.15) is 44.2 Å². The van der Waals surface area contributed by atoms with Crippen molar-refractivity contribution in [3.63, 3.8) is 0 Å². The molecule has 3 atom stereocenters. The van der Waals surface area contributed by atoms with Crippen molar-refractivity contribution in [3.05, 3.63) is 53.8 Å². The molecule has 1 heterocycles. The number of carbonyl (C=O) groups excluding carboxylic acids is 3. The largest absolute Gasteiger partial charge is 0.389 e. The molecule has 1 aliphatic heterocycles. The minimum Gasteiger partial charge on any atom is -0.369 e. The van der Waals surface area contributed by atoms with Gasteiger partial charge in [0.15, 0.2) is 0 Å². The Morgan fingerprint density at radius 3 is 2.38 bits per heavy atom. The fraction of sp³-hybridized carbons (Fsp3) is 0.375. The molecule has 0 saturated carbocycles. The summed E-state index contributed by atoms with van der Waals surface area (Å²) in [5.74, 6) is -5.74. The molecule has 0 spiro atoms. The summed E-state index contributed by atoms with van der Waals surface area (Å²) in [7, 11) is 0. The average Bonchev–Trinajstić information content (AvgIpc) is 2.88. The van der Waals surface area contributed by atoms with Crippen LogP contribution in [-0.2, 0) is 14.4 Å². The van der Waals surface area contributed by atoms with E-state index in [2.05, 4.69) is 10.6 Å². The quantitative estimate of drug-likeness (QED) is 0.487. The number of hydrogen-bond donors (Lipinski definition) is 3. The number of halogens is 4. The Bertz CT molecular complexity index is 1090. The third-order valence-electron chi connectivity index (χ3n) is 5.90. The summed E-state index contributed by atoms with van der Waals surface area (Å²) < 4.78 is 53.3. The van der Waals surface area contributed by atoms with Crippen LogP contribution in [0.15, 0.2) is 42.5 Å². The fourth-order valence-corrected chi connectivity index (χ4v) is 4.29. The zero-order valence-corrected chi connectivity index (χ0v) is 18.4. The lowest BCUT2D eigenvalue weighted by Gasteiger charge is -2.27. The summed E-state index contributed by atoms with van der Waals surface area (Å²) in [4.78, 5) is 38.2. The van der Waals surface area contributed by atoms with E-state index in [0.29, 0.717) is 23.1 Å². The van der Waals surface area contributed by atoms with E-state index in [1.54, 1.807) is 37.3 Å². The van der Waals surface area contributed by atoms with Crippen molar-refractivity contribution in [3.8, 4) is 11.1 Å². The number of anilines is 1. The van der Waals surface area contributed by atoms with E-state index in [4.69, 9.17) is 5.73 Å². The standard InChI is InChI=1S/C24H25F4N3O3/c1-2-6-16(21(29)32)17(11-12-24(26,27)28)22(33)31-20-15-8-4-3-7-13(15)14-9-5-10-18(25)19(14)30-23(20)34/h3-5,7-10,16-17,20H,2,6,11-12H2,1H3,(H2,29,32)(H,30,34)(H,31,33)/t16-,17+,20?/m0/s1. The third-order valence-corrected chi connectivity index (χ3v) is 5.90. The number of carbonyl (C=O) groups is 3. The lowest BCUT2D eigenvalue weighted by atomic mass is 9.83. The molecular formula is C24H25F4N3O3. The number of fused-ring (bicyclic) bond motifs is 3. The van der Waals surface area contributed by atoms with Gasteiger partial charge < -0.3 is 16.4 Å². The summed E-state index contributed by atoms with van der Waals surface area (Å²) in [5, 5.41) is 4.97. The molecule has 3 rings (SSSR count). The van der Waals surface area contributed by atoms with Crippen LogP contribution in [0.3, 0.4) is 0 Å². The van der Waals surface area contributed by atoms with Gasteiger partial charge in [-0.1, -0.05) is 49.7 Å². The smallest absolute Gasteiger partial charge is 0.369 e. The summed E-state index contributed by atoms with van der Waals surface area (Å²) in [6.07, 6.45) is -5.95. The molecule has 1 unspecified atom stereocenters. The average molecular weight is 479 g/mol. The van der Waals surface area contributed by atoms with Gasteiger partial charge in [0, 0.05) is 23.8 Å². The van der Waals surface area contributed by atoms with E-state index in [1.165, 1.54) is 12.1 Å². The first-order valence-corrected chi connectivity index (χ1v) is 10.9. The molecule has 3 amide bonds. The normalized spacial score (nSPS) is 17.0. The number of amides is 3. The fourth-order valence-electron chi connectivity index (χ4n) is 4.29. The predicted octanol–water partition coefficient (Wildman–Crippen LogP) is 4.46. The Hall–Kier alpha value is -3.43. The van der Waals surface area contributed by atoms with Gasteiger partial charge in [-0.25, -0.2) is 4.39 Å². The Labute approximate surface area is 193 Å². The van der Waals surface area contributed by atoms with Crippen LogP contribution in [0.4, 0.5) is 23.2 Å². The minimum atomic E-state index is -4.54. The van der Waals surface area contributed by atoms with Gasteiger partial charge in [0.1, 0.15) is 11.9 Å². The molecule has 182 valence electrons.